The van der Waals surface area contributed by atoms with E-state index in [1.807, 2.05) is 6.92 Å². The lowest BCUT2D eigenvalue weighted by Gasteiger charge is -2.28. The molecule has 0 saturated carbocycles. The van der Waals surface area contributed by atoms with Crippen LogP contribution in [0.25, 0.3) is 0 Å². The van der Waals surface area contributed by atoms with E-state index in [0.29, 0.717) is 12.8 Å². The molecule has 1 aliphatic heterocycles. The predicted molar refractivity (Wildman–Crippen MR) is 101 cm³/mol. The van der Waals surface area contributed by atoms with Crippen molar-refractivity contribution in [3.05, 3.63) is 48.0 Å². The Balaban J connectivity index is 1.94. The van der Waals surface area contributed by atoms with Crippen LogP contribution in [0.5, 0.6) is 0 Å². The zero-order valence-electron chi connectivity index (χ0n) is 16.4. The van der Waals surface area contributed by atoms with Gasteiger partial charge in [-0.15, -0.1) is 0 Å². The Hall–Kier alpha value is -2.52. The van der Waals surface area contributed by atoms with Crippen molar-refractivity contribution in [3.8, 4) is 0 Å². The fraction of sp³-hybridized carbons (Fsp3) is 0.500. The highest BCUT2D eigenvalue weighted by Gasteiger charge is 2.39. The Bertz CT molecular complexity index is 714. The molecule has 0 bridgehead atoms. The smallest absolute Gasteiger partial charge is 0.339 e. The van der Waals surface area contributed by atoms with E-state index >= 15 is 0 Å². The van der Waals surface area contributed by atoms with Gasteiger partial charge in [0.25, 0.3) is 0 Å². The van der Waals surface area contributed by atoms with Crippen molar-refractivity contribution in [1.29, 1.82) is 0 Å². The Morgan fingerprint density at radius 3 is 2.76 bits per heavy atom. The van der Waals surface area contributed by atoms with Crippen LogP contribution in [0.4, 0.5) is 13.6 Å². The number of benzene rings is 1. The molecule has 2 amide bonds. The Morgan fingerprint density at radius 2 is 2.10 bits per heavy atom. The number of hydrogen-bond acceptors (Lipinski definition) is 5. The van der Waals surface area contributed by atoms with Gasteiger partial charge in [0.05, 0.1) is 12.6 Å². The zero-order chi connectivity index (χ0) is 21.4. The highest BCUT2D eigenvalue weighted by atomic mass is 19.3. The van der Waals surface area contributed by atoms with Gasteiger partial charge in [0.15, 0.2) is 0 Å². The van der Waals surface area contributed by atoms with E-state index in [9.17, 15) is 23.5 Å². The minimum Gasteiger partial charge on any atom is -0.382 e. The number of amides is 2. The van der Waals surface area contributed by atoms with E-state index in [-0.39, 0.29) is 30.8 Å². The van der Waals surface area contributed by atoms with Crippen molar-refractivity contribution in [2.45, 2.75) is 50.8 Å². The second-order valence-electron chi connectivity index (χ2n) is 6.87. The number of carbonyl (C=O) groups is 2. The van der Waals surface area contributed by atoms with Gasteiger partial charge in [0.1, 0.15) is 6.10 Å². The molecule has 9 heteroatoms. The fourth-order valence-electron chi connectivity index (χ4n) is 3.11. The molecule has 3 atom stereocenters. The minimum absolute atomic E-state index is 0.182. The highest BCUT2D eigenvalue weighted by molar-refractivity contribution is 5.77. The highest BCUT2D eigenvalue weighted by Crippen LogP contribution is 2.32. The molecule has 0 aliphatic carbocycles. The molecular formula is C20H26F2N2O5. The Kier molecular flexibility index (Phi) is 8.10. The van der Waals surface area contributed by atoms with Crippen LogP contribution >= 0.6 is 0 Å². The first-order valence-corrected chi connectivity index (χ1v) is 9.39. The molecule has 1 saturated heterocycles. The lowest BCUT2D eigenvalue weighted by Crippen LogP contribution is -2.41. The number of hydrogen-bond donors (Lipinski definition) is 2. The lowest BCUT2D eigenvalue weighted by atomic mass is 10.0. The molecule has 0 radical (unpaired) electrons. The van der Waals surface area contributed by atoms with Gasteiger partial charge in [-0.1, -0.05) is 42.5 Å². The van der Waals surface area contributed by atoms with Gasteiger partial charge in [0.2, 0.25) is 0 Å². The molecule has 1 aromatic carbocycles. The van der Waals surface area contributed by atoms with Crippen LogP contribution in [0.15, 0.2) is 42.5 Å². The van der Waals surface area contributed by atoms with Crippen molar-refractivity contribution < 1.29 is 33.3 Å². The molecular weight excluding hydrogens is 386 g/mol. The molecule has 0 aromatic heterocycles. The average molecular weight is 412 g/mol. The predicted octanol–water partition coefficient (Wildman–Crippen LogP) is 2.75. The van der Waals surface area contributed by atoms with Crippen molar-refractivity contribution in [2.24, 2.45) is 0 Å². The van der Waals surface area contributed by atoms with Crippen molar-refractivity contribution in [3.63, 3.8) is 0 Å². The number of urea groups is 1. The molecule has 2 N–H and O–H groups in total. The van der Waals surface area contributed by atoms with Gasteiger partial charge < -0.3 is 15.3 Å². The van der Waals surface area contributed by atoms with E-state index in [2.05, 4.69) is 10.2 Å². The summed E-state index contributed by atoms with van der Waals surface area (Å²) in [5.41, 5.74) is -0.282. The maximum atomic E-state index is 14.4. The number of carbonyl (C=O) groups excluding carboxylic acids is 2. The van der Waals surface area contributed by atoms with Gasteiger partial charge in [-0.3, -0.25) is 4.89 Å². The number of halogens is 2. The number of nitrogens with zero attached hydrogens (tertiary/aromatic N) is 1. The van der Waals surface area contributed by atoms with E-state index in [1.165, 1.54) is 42.2 Å². The normalized spacial score (nSPS) is 19.3. The third kappa shape index (κ3) is 6.23. The molecule has 7 nitrogen and oxygen atoms in total. The Morgan fingerprint density at radius 1 is 1.41 bits per heavy atom. The average Bonchev–Trinajstić information content (AvgIpc) is 3.06. The summed E-state index contributed by atoms with van der Waals surface area (Å²) in [5.74, 6) is -3.99. The first-order valence-electron chi connectivity index (χ1n) is 9.39. The third-order valence-corrected chi connectivity index (χ3v) is 4.60. The fourth-order valence-corrected chi connectivity index (χ4v) is 3.11. The monoisotopic (exact) mass is 412 g/mol. The SMILES string of the molecule is CC(=O)OOCCCC(C)N1C(=O)NC[C@@H]1/C=C/C(O)C(F)(F)c1ccccc1. The van der Waals surface area contributed by atoms with Gasteiger partial charge in [-0.25, -0.2) is 9.59 Å². The van der Waals surface area contributed by atoms with Crippen molar-refractivity contribution >= 4 is 12.0 Å². The number of rotatable bonds is 10. The number of aliphatic hydroxyl groups excluding tert-OH is 1. The standard InChI is InChI=1S/C20H26F2N2O5/c1-14(7-6-12-28-29-15(2)25)24-17(13-23-19(24)27)10-11-18(26)20(21,22)16-8-4-3-5-9-16/h3-5,8-11,14,17-18,26H,6-7,12-13H2,1-2H3,(H,23,27)/b11-10+/t14?,17-,18?/m0/s1. The van der Waals surface area contributed by atoms with Crippen LogP contribution < -0.4 is 5.32 Å². The van der Waals surface area contributed by atoms with Crippen LogP contribution in [0.1, 0.15) is 32.3 Å². The van der Waals surface area contributed by atoms with Gasteiger partial charge in [-0.2, -0.15) is 13.7 Å². The number of nitrogens with one attached hydrogen (secondary N) is 1. The van der Waals surface area contributed by atoms with Crippen molar-refractivity contribution in [1.82, 2.24) is 10.2 Å². The van der Waals surface area contributed by atoms with Crippen molar-refractivity contribution in [2.75, 3.05) is 13.2 Å². The molecule has 2 rings (SSSR count). The summed E-state index contributed by atoms with van der Waals surface area (Å²) in [6.07, 6.45) is 1.52. The van der Waals surface area contributed by atoms with Crippen LogP contribution in [0, 0.1) is 0 Å². The number of alkyl halides is 2. The summed E-state index contributed by atoms with van der Waals surface area (Å²) < 4.78 is 28.8. The second kappa shape index (κ2) is 10.3. The molecule has 160 valence electrons. The zero-order valence-corrected chi connectivity index (χ0v) is 16.4. The van der Waals surface area contributed by atoms with Crippen LogP contribution in [0.3, 0.4) is 0 Å². The maximum Gasteiger partial charge on any atom is 0.339 e. The van der Waals surface area contributed by atoms with Crippen LogP contribution in [0.2, 0.25) is 0 Å². The number of aliphatic hydroxyl groups is 1. The van der Waals surface area contributed by atoms with E-state index in [4.69, 9.17) is 4.89 Å². The quantitative estimate of drug-likeness (QED) is 0.267. The van der Waals surface area contributed by atoms with E-state index in [0.717, 1.165) is 6.08 Å². The summed E-state index contributed by atoms with van der Waals surface area (Å²) in [6, 6.07) is 6.11. The van der Waals surface area contributed by atoms with Crippen LogP contribution in [-0.2, 0) is 20.5 Å². The topological polar surface area (TPSA) is 88.1 Å². The van der Waals surface area contributed by atoms with E-state index < -0.39 is 24.0 Å². The maximum absolute atomic E-state index is 14.4. The first-order chi connectivity index (χ1) is 13.7. The summed E-state index contributed by atoms with van der Waals surface area (Å²) in [7, 11) is 0. The molecule has 0 spiro atoms. The molecule has 1 aromatic rings. The van der Waals surface area contributed by atoms with Gasteiger partial charge in [0, 0.05) is 25.1 Å². The molecule has 2 unspecified atom stereocenters. The largest absolute Gasteiger partial charge is 0.382 e. The third-order valence-electron chi connectivity index (χ3n) is 4.60. The van der Waals surface area contributed by atoms with Gasteiger partial charge >= 0.3 is 17.9 Å². The summed E-state index contributed by atoms with van der Waals surface area (Å²) >= 11 is 0. The summed E-state index contributed by atoms with van der Waals surface area (Å²) in [5, 5.41) is 12.7. The summed E-state index contributed by atoms with van der Waals surface area (Å²) in [6.45, 7) is 3.49. The molecule has 1 fully saturated rings. The van der Waals surface area contributed by atoms with E-state index in [1.54, 1.807) is 6.07 Å². The molecule has 29 heavy (non-hydrogen) atoms. The minimum atomic E-state index is -3.45. The molecule has 1 aliphatic rings. The second-order valence-corrected chi connectivity index (χ2v) is 6.87. The van der Waals surface area contributed by atoms with Gasteiger partial charge in [-0.05, 0) is 19.8 Å². The Labute approximate surface area is 168 Å². The lowest BCUT2D eigenvalue weighted by molar-refractivity contribution is -0.270. The summed E-state index contributed by atoms with van der Waals surface area (Å²) in [4.78, 5) is 33.4. The van der Waals surface area contributed by atoms with Crippen LogP contribution in [-0.4, -0.2) is 53.3 Å². The molecule has 1 heterocycles. The first kappa shape index (κ1) is 22.8.